The Hall–Kier alpha value is -0.620. The topological polar surface area (TPSA) is 44.5 Å². The third kappa shape index (κ3) is 3.42. The third-order valence-corrected chi connectivity index (χ3v) is 4.36. The fraction of sp³-hybridized carbons (Fsp3) is 0.667. The van der Waals surface area contributed by atoms with Crippen molar-refractivity contribution < 1.29 is 0 Å². The average Bonchev–Trinajstić information content (AvgIpc) is 2.70. The highest BCUT2D eigenvalue weighted by atomic mass is 32.1. The van der Waals surface area contributed by atoms with Gasteiger partial charge in [0.25, 0.3) is 0 Å². The number of anilines is 1. The van der Waals surface area contributed by atoms with Crippen molar-refractivity contribution in [2.45, 2.75) is 12.6 Å². The smallest absolute Gasteiger partial charge is 0.0468 e. The van der Waals surface area contributed by atoms with Crippen LogP contribution in [-0.4, -0.2) is 56.1 Å². The van der Waals surface area contributed by atoms with Crippen molar-refractivity contribution in [3.8, 4) is 0 Å². The van der Waals surface area contributed by atoms with E-state index in [2.05, 4.69) is 29.2 Å². The minimum atomic E-state index is 0.606. The van der Waals surface area contributed by atoms with Gasteiger partial charge in [0, 0.05) is 49.3 Å². The van der Waals surface area contributed by atoms with E-state index in [4.69, 9.17) is 5.73 Å². The lowest BCUT2D eigenvalue weighted by Gasteiger charge is -2.37. The van der Waals surface area contributed by atoms with E-state index in [0.29, 0.717) is 6.04 Å². The van der Waals surface area contributed by atoms with Crippen LogP contribution in [0, 0.1) is 0 Å². The van der Waals surface area contributed by atoms with Gasteiger partial charge in [0.1, 0.15) is 0 Å². The monoisotopic (exact) mass is 254 g/mol. The van der Waals surface area contributed by atoms with Gasteiger partial charge in [-0.1, -0.05) is 0 Å². The van der Waals surface area contributed by atoms with Crippen LogP contribution in [0.1, 0.15) is 4.88 Å². The standard InChI is InChI=1S/C12H22N4S/c1-15-4-5-16(2)10(9-15)7-14-8-12-11(13)3-6-17-12/h3,6,10,14H,4-5,7-9,13H2,1-2H3. The molecule has 1 unspecified atom stereocenters. The molecule has 1 atom stereocenters. The number of piperazine rings is 1. The molecule has 0 aliphatic carbocycles. The molecule has 0 saturated carbocycles. The molecule has 0 spiro atoms. The largest absolute Gasteiger partial charge is 0.398 e. The van der Waals surface area contributed by atoms with Crippen LogP contribution in [0.2, 0.25) is 0 Å². The average molecular weight is 254 g/mol. The first-order chi connectivity index (χ1) is 8.16. The molecule has 0 amide bonds. The van der Waals surface area contributed by atoms with Gasteiger partial charge >= 0.3 is 0 Å². The second-order valence-corrected chi connectivity index (χ2v) is 5.83. The van der Waals surface area contributed by atoms with E-state index in [1.165, 1.54) is 11.4 Å². The van der Waals surface area contributed by atoms with Crippen LogP contribution in [0.15, 0.2) is 11.4 Å². The fourth-order valence-electron chi connectivity index (χ4n) is 2.17. The predicted molar refractivity (Wildman–Crippen MR) is 74.4 cm³/mol. The molecular weight excluding hydrogens is 232 g/mol. The molecule has 1 fully saturated rings. The van der Waals surface area contributed by atoms with Crippen LogP contribution in [0.25, 0.3) is 0 Å². The highest BCUT2D eigenvalue weighted by Gasteiger charge is 2.21. The van der Waals surface area contributed by atoms with Crippen molar-refractivity contribution >= 4 is 17.0 Å². The minimum Gasteiger partial charge on any atom is -0.398 e. The number of nitrogens with two attached hydrogens (primary N) is 1. The van der Waals surface area contributed by atoms with Gasteiger partial charge < -0.3 is 16.0 Å². The van der Waals surface area contributed by atoms with Crippen molar-refractivity contribution in [3.05, 3.63) is 16.3 Å². The summed E-state index contributed by atoms with van der Waals surface area (Å²) in [6, 6.07) is 2.58. The Balaban J connectivity index is 1.76. The molecule has 4 nitrogen and oxygen atoms in total. The summed E-state index contributed by atoms with van der Waals surface area (Å²) in [6.45, 7) is 5.38. The van der Waals surface area contributed by atoms with Crippen LogP contribution >= 0.6 is 11.3 Å². The summed E-state index contributed by atoms with van der Waals surface area (Å²) in [5, 5.41) is 5.56. The molecule has 0 bridgehead atoms. The van der Waals surface area contributed by atoms with Gasteiger partial charge in [0.15, 0.2) is 0 Å². The van der Waals surface area contributed by atoms with Gasteiger partial charge in [-0.25, -0.2) is 0 Å². The molecule has 1 saturated heterocycles. The molecule has 0 aromatic carbocycles. The zero-order valence-electron chi connectivity index (χ0n) is 10.6. The first kappa shape index (κ1) is 12.8. The Kier molecular flexibility index (Phi) is 4.39. The van der Waals surface area contributed by atoms with Crippen molar-refractivity contribution in [2.75, 3.05) is 46.0 Å². The van der Waals surface area contributed by atoms with Crippen LogP contribution < -0.4 is 11.1 Å². The predicted octanol–water partition coefficient (Wildman–Crippen LogP) is 0.666. The molecule has 96 valence electrons. The lowest BCUT2D eigenvalue weighted by atomic mass is 10.2. The first-order valence-electron chi connectivity index (χ1n) is 6.08. The number of nitrogens with one attached hydrogen (secondary N) is 1. The fourth-order valence-corrected chi connectivity index (χ4v) is 2.94. The zero-order chi connectivity index (χ0) is 12.3. The Labute approximate surface area is 107 Å². The van der Waals surface area contributed by atoms with Gasteiger partial charge in [0.05, 0.1) is 0 Å². The maximum atomic E-state index is 5.86. The minimum absolute atomic E-state index is 0.606. The maximum Gasteiger partial charge on any atom is 0.0468 e. The quantitative estimate of drug-likeness (QED) is 0.829. The zero-order valence-corrected chi connectivity index (χ0v) is 11.5. The van der Waals surface area contributed by atoms with Gasteiger partial charge in [-0.2, -0.15) is 0 Å². The molecule has 2 heterocycles. The SMILES string of the molecule is CN1CCN(C)C(CNCc2sccc2N)C1. The number of nitrogen functional groups attached to an aromatic ring is 1. The lowest BCUT2D eigenvalue weighted by molar-refractivity contribution is 0.113. The molecule has 2 rings (SSSR count). The summed E-state index contributed by atoms with van der Waals surface area (Å²) in [5.41, 5.74) is 6.77. The Morgan fingerprint density at radius 3 is 3.00 bits per heavy atom. The number of hydrogen-bond donors (Lipinski definition) is 2. The molecule has 5 heteroatoms. The second-order valence-electron chi connectivity index (χ2n) is 4.83. The number of rotatable bonds is 4. The summed E-state index contributed by atoms with van der Waals surface area (Å²) >= 11 is 1.73. The molecule has 1 aliphatic rings. The molecule has 3 N–H and O–H groups in total. The lowest BCUT2D eigenvalue weighted by Crippen LogP contribution is -2.53. The van der Waals surface area contributed by atoms with Gasteiger partial charge in [-0.15, -0.1) is 11.3 Å². The van der Waals surface area contributed by atoms with Crippen molar-refractivity contribution in [3.63, 3.8) is 0 Å². The third-order valence-electron chi connectivity index (χ3n) is 3.43. The van der Waals surface area contributed by atoms with E-state index in [1.807, 2.05) is 11.4 Å². The van der Waals surface area contributed by atoms with Crippen molar-refractivity contribution in [1.29, 1.82) is 0 Å². The summed E-state index contributed by atoms with van der Waals surface area (Å²) in [6.07, 6.45) is 0. The van der Waals surface area contributed by atoms with Gasteiger partial charge in [-0.3, -0.25) is 4.90 Å². The number of nitrogens with zero attached hydrogens (tertiary/aromatic N) is 2. The number of hydrogen-bond acceptors (Lipinski definition) is 5. The van der Waals surface area contributed by atoms with Crippen LogP contribution in [-0.2, 0) is 6.54 Å². The number of likely N-dealkylation sites (N-methyl/N-ethyl adjacent to an activating group) is 2. The summed E-state index contributed by atoms with van der Waals surface area (Å²) in [7, 11) is 4.40. The molecule has 1 aromatic heterocycles. The normalized spacial score (nSPS) is 23.1. The van der Waals surface area contributed by atoms with E-state index in [-0.39, 0.29) is 0 Å². The molecule has 17 heavy (non-hydrogen) atoms. The van der Waals surface area contributed by atoms with Gasteiger partial charge in [0.2, 0.25) is 0 Å². The van der Waals surface area contributed by atoms with E-state index in [0.717, 1.165) is 31.9 Å². The number of thiophene rings is 1. The highest BCUT2D eigenvalue weighted by Crippen LogP contribution is 2.18. The van der Waals surface area contributed by atoms with E-state index >= 15 is 0 Å². The van der Waals surface area contributed by atoms with Crippen molar-refractivity contribution in [1.82, 2.24) is 15.1 Å². The molecule has 0 radical (unpaired) electrons. The highest BCUT2D eigenvalue weighted by molar-refractivity contribution is 7.10. The summed E-state index contributed by atoms with van der Waals surface area (Å²) < 4.78 is 0. The molecular formula is C12H22N4S. The Morgan fingerprint density at radius 2 is 2.29 bits per heavy atom. The maximum absolute atomic E-state index is 5.86. The first-order valence-corrected chi connectivity index (χ1v) is 6.96. The van der Waals surface area contributed by atoms with Crippen molar-refractivity contribution in [2.24, 2.45) is 0 Å². The Bertz CT molecular complexity index is 352. The van der Waals surface area contributed by atoms with E-state index in [9.17, 15) is 0 Å². The second kappa shape index (κ2) is 5.82. The van der Waals surface area contributed by atoms with Crippen LogP contribution in [0.4, 0.5) is 5.69 Å². The molecule has 1 aliphatic heterocycles. The molecule has 1 aromatic rings. The van der Waals surface area contributed by atoms with Crippen LogP contribution in [0.5, 0.6) is 0 Å². The van der Waals surface area contributed by atoms with E-state index < -0.39 is 0 Å². The summed E-state index contributed by atoms with van der Waals surface area (Å²) in [4.78, 5) is 6.08. The Morgan fingerprint density at radius 1 is 1.47 bits per heavy atom. The van der Waals surface area contributed by atoms with E-state index in [1.54, 1.807) is 11.3 Å². The summed E-state index contributed by atoms with van der Waals surface area (Å²) in [5.74, 6) is 0. The van der Waals surface area contributed by atoms with Crippen LogP contribution in [0.3, 0.4) is 0 Å². The van der Waals surface area contributed by atoms with Gasteiger partial charge in [-0.05, 0) is 25.5 Å².